The van der Waals surface area contributed by atoms with E-state index in [0.717, 1.165) is 36.5 Å². The first-order chi connectivity index (χ1) is 23.7. The minimum atomic E-state index is -1.51. The first-order valence-electron chi connectivity index (χ1n) is 14.8. The van der Waals surface area contributed by atoms with E-state index in [-0.39, 0.29) is 25.7 Å². The van der Waals surface area contributed by atoms with Crippen molar-refractivity contribution in [1.82, 2.24) is 0 Å². The first-order valence-corrected chi connectivity index (χ1v) is 14.8. The summed E-state index contributed by atoms with van der Waals surface area (Å²) in [4.78, 5) is 95.5. The third-order valence-electron chi connectivity index (χ3n) is 6.21. The Morgan fingerprint density at radius 1 is 0.340 bits per heavy atom. The van der Waals surface area contributed by atoms with E-state index in [1.54, 1.807) is 0 Å². The summed E-state index contributed by atoms with van der Waals surface area (Å²) in [6.45, 7) is 15.7. The van der Waals surface area contributed by atoms with Crippen LogP contribution in [0.4, 0.5) is 0 Å². The van der Waals surface area contributed by atoms with Gasteiger partial charge < -0.3 is 37.9 Å². The van der Waals surface area contributed by atoms with Crippen LogP contribution >= 0.6 is 0 Å². The van der Waals surface area contributed by atoms with Crippen LogP contribution < -0.4 is 0 Å². The zero-order valence-electron chi connectivity index (χ0n) is 27.7. The fourth-order valence-electron chi connectivity index (χ4n) is 3.35. The molecule has 0 aliphatic carbocycles. The standard InChI is InChI=1S/C34H42O16/c1-7-25(35)43-17-33(18-44-26(36)8-2,19-45-27(37)9-3)23-49-31(41)15-13-14-16-32(42)50-24-34(20-46-28(38)10-4,21-47-29(39)11-5)22-48-30(40)12-6/h7-12H,1-6,13-24H2. The third-order valence-corrected chi connectivity index (χ3v) is 6.21. The van der Waals surface area contributed by atoms with Gasteiger partial charge in [-0.05, 0) is 12.8 Å². The Labute approximate surface area is 289 Å². The van der Waals surface area contributed by atoms with Crippen LogP contribution in [0.25, 0.3) is 0 Å². The summed E-state index contributed by atoms with van der Waals surface area (Å²) >= 11 is 0. The van der Waals surface area contributed by atoms with Gasteiger partial charge in [0.1, 0.15) is 63.7 Å². The number of esters is 8. The Hall–Kier alpha value is -5.80. The second-order valence-corrected chi connectivity index (χ2v) is 10.4. The second-order valence-electron chi connectivity index (χ2n) is 10.4. The predicted molar refractivity (Wildman–Crippen MR) is 172 cm³/mol. The van der Waals surface area contributed by atoms with E-state index < -0.39 is 111 Å². The van der Waals surface area contributed by atoms with Crippen LogP contribution in [0.3, 0.4) is 0 Å². The molecule has 0 spiro atoms. The topological polar surface area (TPSA) is 210 Å². The molecular formula is C34H42O16. The third kappa shape index (κ3) is 19.1. The molecule has 0 aliphatic heterocycles. The van der Waals surface area contributed by atoms with E-state index in [2.05, 4.69) is 39.5 Å². The van der Waals surface area contributed by atoms with Crippen molar-refractivity contribution in [2.24, 2.45) is 10.8 Å². The van der Waals surface area contributed by atoms with Crippen LogP contribution in [0.5, 0.6) is 0 Å². The fourth-order valence-corrected chi connectivity index (χ4v) is 3.35. The van der Waals surface area contributed by atoms with Gasteiger partial charge in [0.15, 0.2) is 0 Å². The molecule has 16 nitrogen and oxygen atoms in total. The van der Waals surface area contributed by atoms with Gasteiger partial charge in [-0.2, -0.15) is 0 Å². The van der Waals surface area contributed by atoms with Crippen LogP contribution in [0.2, 0.25) is 0 Å². The number of ether oxygens (including phenoxy) is 8. The zero-order chi connectivity index (χ0) is 38.0. The molecule has 0 N–H and O–H groups in total. The summed E-state index contributed by atoms with van der Waals surface area (Å²) in [6.07, 6.45) is 5.15. The molecule has 0 aromatic carbocycles. The number of hydrogen-bond donors (Lipinski definition) is 0. The van der Waals surface area contributed by atoms with Crippen molar-refractivity contribution in [2.45, 2.75) is 25.7 Å². The SMILES string of the molecule is C=CC(=O)OCC(COC(=O)C=C)(COC(=O)C=C)COC(=O)CCCCC(=O)OCC(COC(=O)C=C)(COC(=O)C=C)COC(=O)C=C. The predicted octanol–water partition coefficient (Wildman–Crippen LogP) is 1.98. The molecule has 0 atom stereocenters. The average Bonchev–Trinajstić information content (AvgIpc) is 3.13. The smallest absolute Gasteiger partial charge is 0.330 e. The lowest BCUT2D eigenvalue weighted by Crippen LogP contribution is -2.43. The normalized spacial score (nSPS) is 10.5. The van der Waals surface area contributed by atoms with Crippen LogP contribution in [-0.4, -0.2) is 101 Å². The van der Waals surface area contributed by atoms with Crippen molar-refractivity contribution in [3.8, 4) is 0 Å². The van der Waals surface area contributed by atoms with Crippen molar-refractivity contribution < 1.29 is 76.3 Å². The summed E-state index contributed by atoms with van der Waals surface area (Å²) in [6, 6.07) is 0. The second kappa shape index (κ2) is 24.4. The van der Waals surface area contributed by atoms with Gasteiger partial charge in [-0.25, -0.2) is 28.8 Å². The molecule has 0 radical (unpaired) electrons. The van der Waals surface area contributed by atoms with Gasteiger partial charge in [0.2, 0.25) is 0 Å². The maximum absolute atomic E-state index is 12.6. The van der Waals surface area contributed by atoms with Crippen LogP contribution in [-0.2, 0) is 76.3 Å². The zero-order valence-corrected chi connectivity index (χ0v) is 27.7. The lowest BCUT2D eigenvalue weighted by atomic mass is 9.92. The van der Waals surface area contributed by atoms with E-state index in [0.29, 0.717) is 0 Å². The highest BCUT2D eigenvalue weighted by atomic mass is 16.6. The van der Waals surface area contributed by atoms with E-state index in [1.807, 2.05) is 0 Å². The van der Waals surface area contributed by atoms with E-state index in [1.165, 1.54) is 0 Å². The maximum atomic E-state index is 12.6. The summed E-state index contributed by atoms with van der Waals surface area (Å²) in [5, 5.41) is 0. The highest BCUT2D eigenvalue weighted by Gasteiger charge is 2.39. The van der Waals surface area contributed by atoms with Gasteiger partial charge in [0, 0.05) is 49.3 Å². The molecule has 0 aromatic heterocycles. The average molecular weight is 707 g/mol. The Morgan fingerprint density at radius 3 is 0.700 bits per heavy atom. The number of unbranched alkanes of at least 4 members (excludes halogenated alkanes) is 1. The van der Waals surface area contributed by atoms with E-state index in [4.69, 9.17) is 37.9 Å². The Morgan fingerprint density at radius 2 is 0.520 bits per heavy atom. The van der Waals surface area contributed by atoms with Crippen LogP contribution in [0, 0.1) is 10.8 Å². The summed E-state index contributed by atoms with van der Waals surface area (Å²) < 4.78 is 41.1. The van der Waals surface area contributed by atoms with Gasteiger partial charge in [-0.3, -0.25) is 9.59 Å². The van der Waals surface area contributed by atoms with Crippen molar-refractivity contribution in [2.75, 3.05) is 52.9 Å². The van der Waals surface area contributed by atoms with Gasteiger partial charge in [0.05, 0.1) is 0 Å². The summed E-state index contributed by atoms with van der Waals surface area (Å²) in [5.41, 5.74) is -3.02. The number of rotatable bonds is 27. The monoisotopic (exact) mass is 706 g/mol. The van der Waals surface area contributed by atoms with Crippen LogP contribution in [0.1, 0.15) is 25.7 Å². The molecule has 0 fully saturated rings. The lowest BCUT2D eigenvalue weighted by molar-refractivity contribution is -0.169. The minimum Gasteiger partial charge on any atom is -0.465 e. The molecule has 0 bridgehead atoms. The molecular weight excluding hydrogens is 664 g/mol. The van der Waals surface area contributed by atoms with Crippen molar-refractivity contribution in [1.29, 1.82) is 0 Å². The molecule has 16 heteroatoms. The van der Waals surface area contributed by atoms with E-state index in [9.17, 15) is 38.4 Å². The molecule has 0 rings (SSSR count). The Bertz CT molecular complexity index is 1080. The van der Waals surface area contributed by atoms with Gasteiger partial charge >= 0.3 is 47.8 Å². The molecule has 274 valence electrons. The number of carbonyl (C=O) groups excluding carboxylic acids is 8. The molecule has 0 heterocycles. The lowest BCUT2D eigenvalue weighted by Gasteiger charge is -2.31. The maximum Gasteiger partial charge on any atom is 0.330 e. The molecule has 0 saturated carbocycles. The molecule has 0 aliphatic rings. The Kier molecular flexibility index (Phi) is 21.5. The van der Waals surface area contributed by atoms with Gasteiger partial charge in [-0.15, -0.1) is 0 Å². The molecule has 0 saturated heterocycles. The Balaban J connectivity index is 5.43. The van der Waals surface area contributed by atoms with Gasteiger partial charge in [-0.1, -0.05) is 39.5 Å². The number of carbonyl (C=O) groups is 8. The molecule has 0 aromatic rings. The summed E-state index contributed by atoms with van der Waals surface area (Å²) in [7, 11) is 0. The highest BCUT2D eigenvalue weighted by molar-refractivity contribution is 5.83. The molecule has 0 unspecified atom stereocenters. The van der Waals surface area contributed by atoms with E-state index >= 15 is 0 Å². The first kappa shape index (κ1) is 44.2. The van der Waals surface area contributed by atoms with Crippen molar-refractivity contribution >= 4 is 47.8 Å². The van der Waals surface area contributed by atoms with Gasteiger partial charge in [0.25, 0.3) is 0 Å². The highest BCUT2D eigenvalue weighted by Crippen LogP contribution is 2.24. The van der Waals surface area contributed by atoms with Crippen LogP contribution in [0.15, 0.2) is 75.9 Å². The summed E-state index contributed by atoms with van der Waals surface area (Å²) in [5.74, 6) is -6.57. The minimum absolute atomic E-state index is 0.138. The quantitative estimate of drug-likeness (QED) is 0.0517. The molecule has 0 amide bonds. The van der Waals surface area contributed by atoms with Crippen molar-refractivity contribution in [3.63, 3.8) is 0 Å². The van der Waals surface area contributed by atoms with Crippen molar-refractivity contribution in [3.05, 3.63) is 75.9 Å². The molecule has 50 heavy (non-hydrogen) atoms. The largest absolute Gasteiger partial charge is 0.465 e. The number of hydrogen-bond acceptors (Lipinski definition) is 16. The fraction of sp³-hybridized carbons (Fsp3) is 0.412.